The molecular weight excluding hydrogens is 444 g/mol. The predicted molar refractivity (Wildman–Crippen MR) is 128 cm³/mol. The number of carbonyl (C=O) groups is 2. The van der Waals surface area contributed by atoms with E-state index in [1.807, 2.05) is 0 Å². The van der Waals surface area contributed by atoms with Crippen molar-refractivity contribution < 1.29 is 28.5 Å². The number of rotatable bonds is 11. The van der Waals surface area contributed by atoms with E-state index < -0.39 is 0 Å². The number of fused-ring (bicyclic) bond motifs is 1. The fourth-order valence-corrected chi connectivity index (χ4v) is 5.30. The molecule has 0 spiro atoms. The minimum Gasteiger partial charge on any atom is -0.493 e. The Kier molecular flexibility index (Phi) is 8.96. The van der Waals surface area contributed by atoms with E-state index in [2.05, 4.69) is 10.6 Å². The number of nitrogens with one attached hydrogen (secondary N) is 2. The van der Waals surface area contributed by atoms with Crippen molar-refractivity contribution in [3.8, 4) is 17.2 Å². The highest BCUT2D eigenvalue weighted by Crippen LogP contribution is 2.40. The molecule has 1 aliphatic carbocycles. The second-order valence-corrected chi connectivity index (χ2v) is 8.88. The van der Waals surface area contributed by atoms with E-state index in [1.165, 1.54) is 37.5 Å². The minimum atomic E-state index is -0.212. The van der Waals surface area contributed by atoms with Crippen LogP contribution in [0.15, 0.2) is 12.1 Å². The van der Waals surface area contributed by atoms with Crippen LogP contribution in [0.25, 0.3) is 0 Å². The monoisotopic (exact) mass is 476 g/mol. The van der Waals surface area contributed by atoms with Crippen LogP contribution in [0.2, 0.25) is 0 Å². The molecule has 180 valence electrons. The first-order chi connectivity index (χ1) is 16.0. The van der Waals surface area contributed by atoms with Crippen LogP contribution in [0, 0.1) is 0 Å². The molecule has 0 aliphatic heterocycles. The van der Waals surface area contributed by atoms with E-state index >= 15 is 0 Å². The van der Waals surface area contributed by atoms with Gasteiger partial charge in [0, 0.05) is 25.1 Å². The Morgan fingerprint density at radius 1 is 1.00 bits per heavy atom. The quantitative estimate of drug-likeness (QED) is 0.481. The maximum absolute atomic E-state index is 13.0. The third kappa shape index (κ3) is 5.97. The molecule has 0 saturated heterocycles. The van der Waals surface area contributed by atoms with Gasteiger partial charge in [-0.25, -0.2) is 0 Å². The molecule has 0 bridgehead atoms. The van der Waals surface area contributed by atoms with Crippen LogP contribution in [0.3, 0.4) is 0 Å². The highest BCUT2D eigenvalue weighted by Gasteiger charge is 2.26. The Morgan fingerprint density at radius 3 is 2.33 bits per heavy atom. The van der Waals surface area contributed by atoms with E-state index in [1.54, 1.807) is 19.2 Å². The van der Waals surface area contributed by atoms with Gasteiger partial charge in [-0.05, 0) is 55.4 Å². The zero-order valence-corrected chi connectivity index (χ0v) is 20.5. The highest BCUT2D eigenvalue weighted by molar-refractivity contribution is 7.17. The van der Waals surface area contributed by atoms with Gasteiger partial charge in [-0.2, -0.15) is 0 Å². The van der Waals surface area contributed by atoms with Crippen molar-refractivity contribution in [3.05, 3.63) is 33.7 Å². The number of anilines is 1. The standard InChI is InChI=1S/C24H32N2O6S/c1-29-11-7-10-25-23(28)21-16-8-5-6-9-19(16)33-24(21)26-20(27)14-15-12-17(30-2)22(32-4)18(13-15)31-3/h12-13H,5-11,14H2,1-4H3,(H,25,28)(H,26,27). The van der Waals surface area contributed by atoms with Crippen LogP contribution in [0.5, 0.6) is 17.2 Å². The number of aryl methyl sites for hydroxylation is 1. The number of amides is 2. The molecule has 1 heterocycles. The molecule has 1 aromatic carbocycles. The topological polar surface area (TPSA) is 95.1 Å². The summed E-state index contributed by atoms with van der Waals surface area (Å²) in [6, 6.07) is 3.51. The van der Waals surface area contributed by atoms with Crippen molar-refractivity contribution in [2.45, 2.75) is 38.5 Å². The second-order valence-electron chi connectivity index (χ2n) is 7.78. The number of methoxy groups -OCH3 is 4. The molecule has 9 heteroatoms. The Hall–Kier alpha value is -2.78. The van der Waals surface area contributed by atoms with E-state index in [4.69, 9.17) is 18.9 Å². The van der Waals surface area contributed by atoms with Crippen LogP contribution in [-0.4, -0.2) is 53.4 Å². The second kappa shape index (κ2) is 11.9. The van der Waals surface area contributed by atoms with Crippen molar-refractivity contribution in [2.24, 2.45) is 0 Å². The lowest BCUT2D eigenvalue weighted by Crippen LogP contribution is -2.27. The van der Waals surface area contributed by atoms with Crippen molar-refractivity contribution in [3.63, 3.8) is 0 Å². The normalized spacial score (nSPS) is 12.6. The maximum atomic E-state index is 13.0. The molecule has 8 nitrogen and oxygen atoms in total. The molecule has 0 radical (unpaired) electrons. The van der Waals surface area contributed by atoms with Gasteiger partial charge in [0.25, 0.3) is 5.91 Å². The van der Waals surface area contributed by atoms with Crippen molar-refractivity contribution >= 4 is 28.2 Å². The number of hydrogen-bond acceptors (Lipinski definition) is 7. The van der Waals surface area contributed by atoms with Gasteiger partial charge >= 0.3 is 0 Å². The Labute approximate surface area is 198 Å². The lowest BCUT2D eigenvalue weighted by atomic mass is 9.95. The minimum absolute atomic E-state index is 0.105. The van der Waals surface area contributed by atoms with E-state index in [9.17, 15) is 9.59 Å². The zero-order valence-electron chi connectivity index (χ0n) is 19.7. The largest absolute Gasteiger partial charge is 0.493 e. The molecule has 0 saturated carbocycles. The van der Waals surface area contributed by atoms with Crippen molar-refractivity contribution in [1.29, 1.82) is 0 Å². The molecule has 0 unspecified atom stereocenters. The summed E-state index contributed by atoms with van der Waals surface area (Å²) in [5.74, 6) is 1.09. The first-order valence-electron chi connectivity index (χ1n) is 11.0. The summed E-state index contributed by atoms with van der Waals surface area (Å²) in [6.45, 7) is 1.11. The van der Waals surface area contributed by atoms with Gasteiger partial charge in [0.2, 0.25) is 11.7 Å². The Balaban J connectivity index is 1.79. The smallest absolute Gasteiger partial charge is 0.254 e. The fraction of sp³-hybridized carbons (Fsp3) is 0.500. The molecular formula is C24H32N2O6S. The first kappa shape index (κ1) is 24.9. The average Bonchev–Trinajstić information content (AvgIpc) is 3.18. The van der Waals surface area contributed by atoms with Gasteiger partial charge < -0.3 is 29.6 Å². The van der Waals surface area contributed by atoms with Crippen molar-refractivity contribution in [2.75, 3.05) is 46.9 Å². The van der Waals surface area contributed by atoms with Crippen molar-refractivity contribution in [1.82, 2.24) is 5.32 Å². The fourth-order valence-electron chi connectivity index (χ4n) is 3.99. The molecule has 33 heavy (non-hydrogen) atoms. The number of thiophene rings is 1. The lowest BCUT2D eigenvalue weighted by molar-refractivity contribution is -0.115. The van der Waals surface area contributed by atoms with Crippen LogP contribution in [0.1, 0.15) is 45.6 Å². The van der Waals surface area contributed by atoms with E-state index in [0.29, 0.717) is 46.5 Å². The summed E-state index contributed by atoms with van der Waals surface area (Å²) in [5.41, 5.74) is 2.39. The van der Waals surface area contributed by atoms with Crippen LogP contribution < -0.4 is 24.8 Å². The third-order valence-electron chi connectivity index (χ3n) is 5.55. The SMILES string of the molecule is COCCCNC(=O)c1c(NC(=O)Cc2cc(OC)c(OC)c(OC)c2)sc2c1CCCC2. The molecule has 2 aromatic rings. The van der Waals surface area contributed by atoms with Gasteiger partial charge in [-0.3, -0.25) is 9.59 Å². The summed E-state index contributed by atoms with van der Waals surface area (Å²) in [4.78, 5) is 27.1. The maximum Gasteiger partial charge on any atom is 0.254 e. The Bertz CT molecular complexity index is 963. The number of benzene rings is 1. The van der Waals surface area contributed by atoms with Gasteiger partial charge in [-0.1, -0.05) is 0 Å². The lowest BCUT2D eigenvalue weighted by Gasteiger charge is -2.14. The van der Waals surface area contributed by atoms with E-state index in [0.717, 1.165) is 37.7 Å². The van der Waals surface area contributed by atoms with Gasteiger partial charge in [0.1, 0.15) is 5.00 Å². The van der Waals surface area contributed by atoms with E-state index in [-0.39, 0.29) is 18.2 Å². The first-order valence-corrected chi connectivity index (χ1v) is 11.8. The number of hydrogen-bond donors (Lipinski definition) is 2. The van der Waals surface area contributed by atoms with Crippen LogP contribution >= 0.6 is 11.3 Å². The Morgan fingerprint density at radius 2 is 1.70 bits per heavy atom. The number of ether oxygens (including phenoxy) is 4. The average molecular weight is 477 g/mol. The summed E-state index contributed by atoms with van der Waals surface area (Å²) < 4.78 is 21.2. The molecule has 0 atom stereocenters. The van der Waals surface area contributed by atoms with Gasteiger partial charge in [0.15, 0.2) is 11.5 Å². The summed E-state index contributed by atoms with van der Waals surface area (Å²) in [6.07, 6.45) is 4.78. The summed E-state index contributed by atoms with van der Waals surface area (Å²) >= 11 is 1.51. The van der Waals surface area contributed by atoms with Crippen LogP contribution in [-0.2, 0) is 28.8 Å². The number of carbonyl (C=O) groups excluding carboxylic acids is 2. The summed E-state index contributed by atoms with van der Waals surface area (Å²) in [7, 11) is 6.25. The summed E-state index contributed by atoms with van der Waals surface area (Å²) in [5, 5.41) is 6.56. The highest BCUT2D eigenvalue weighted by atomic mass is 32.1. The molecule has 2 amide bonds. The molecule has 0 fully saturated rings. The third-order valence-corrected chi connectivity index (χ3v) is 6.76. The molecule has 3 rings (SSSR count). The van der Waals surface area contributed by atoms with Crippen LogP contribution in [0.4, 0.5) is 5.00 Å². The zero-order chi connectivity index (χ0) is 23.8. The molecule has 2 N–H and O–H groups in total. The molecule has 1 aliphatic rings. The molecule has 1 aromatic heterocycles. The van der Waals surface area contributed by atoms with Gasteiger partial charge in [-0.15, -0.1) is 11.3 Å². The predicted octanol–water partition coefficient (Wildman–Crippen LogP) is 3.60. The van der Waals surface area contributed by atoms with Gasteiger partial charge in [0.05, 0.1) is 33.3 Å².